The van der Waals surface area contributed by atoms with Crippen molar-refractivity contribution in [3.05, 3.63) is 96.1 Å². The molecular weight excluding hydrogens is 312 g/mol. The molecule has 0 unspecified atom stereocenters. The quantitative estimate of drug-likeness (QED) is 0.527. The Kier molecular flexibility index (Phi) is 5.16. The summed E-state index contributed by atoms with van der Waals surface area (Å²) < 4.78 is 0. The SMILES string of the molecule is Cc1ccc(C(=O)C=C(Nc2ccccn2)Nc2ccccn2)cc1. The molecule has 2 heterocycles. The topological polar surface area (TPSA) is 66.9 Å². The normalized spacial score (nSPS) is 9.96. The number of hydrogen-bond acceptors (Lipinski definition) is 5. The lowest BCUT2D eigenvalue weighted by molar-refractivity contribution is 0.104. The van der Waals surface area contributed by atoms with Crippen LogP contribution in [0.15, 0.2) is 85.0 Å². The highest BCUT2D eigenvalue weighted by molar-refractivity contribution is 6.05. The van der Waals surface area contributed by atoms with Gasteiger partial charge in [0.25, 0.3) is 0 Å². The van der Waals surface area contributed by atoms with E-state index in [1.54, 1.807) is 12.4 Å². The Morgan fingerprint density at radius 2 is 1.40 bits per heavy atom. The minimum absolute atomic E-state index is 0.109. The van der Waals surface area contributed by atoms with Gasteiger partial charge in [0.2, 0.25) is 0 Å². The maximum absolute atomic E-state index is 12.5. The second-order valence-corrected chi connectivity index (χ2v) is 5.47. The van der Waals surface area contributed by atoms with E-state index in [0.29, 0.717) is 23.0 Å². The molecule has 124 valence electrons. The summed E-state index contributed by atoms with van der Waals surface area (Å²) in [4.78, 5) is 21.0. The maximum Gasteiger partial charge on any atom is 0.189 e. The van der Waals surface area contributed by atoms with E-state index >= 15 is 0 Å². The molecule has 2 aromatic heterocycles. The van der Waals surface area contributed by atoms with Crippen molar-refractivity contribution >= 4 is 17.4 Å². The Hall–Kier alpha value is -3.47. The van der Waals surface area contributed by atoms with Crippen molar-refractivity contribution in [3.63, 3.8) is 0 Å². The first kappa shape index (κ1) is 16.4. The van der Waals surface area contributed by atoms with E-state index in [1.165, 1.54) is 6.08 Å². The van der Waals surface area contributed by atoms with Gasteiger partial charge in [0.15, 0.2) is 5.78 Å². The van der Waals surface area contributed by atoms with E-state index < -0.39 is 0 Å². The monoisotopic (exact) mass is 330 g/mol. The molecule has 5 heteroatoms. The van der Waals surface area contributed by atoms with E-state index in [-0.39, 0.29) is 5.78 Å². The first-order chi connectivity index (χ1) is 12.2. The van der Waals surface area contributed by atoms with Crippen LogP contribution in [0, 0.1) is 6.92 Å². The van der Waals surface area contributed by atoms with Gasteiger partial charge in [0.05, 0.1) is 0 Å². The third-order valence-electron chi connectivity index (χ3n) is 3.47. The number of pyridine rings is 2. The lowest BCUT2D eigenvalue weighted by Gasteiger charge is -2.12. The lowest BCUT2D eigenvalue weighted by Crippen LogP contribution is -2.13. The molecule has 0 aliphatic rings. The number of carbonyl (C=O) groups is 1. The average molecular weight is 330 g/mol. The third kappa shape index (κ3) is 4.75. The summed E-state index contributed by atoms with van der Waals surface area (Å²) in [5.41, 5.74) is 1.73. The maximum atomic E-state index is 12.5. The van der Waals surface area contributed by atoms with Crippen LogP contribution in [-0.2, 0) is 0 Å². The number of aromatic nitrogens is 2. The van der Waals surface area contributed by atoms with Crippen molar-refractivity contribution in [2.75, 3.05) is 10.6 Å². The number of hydrogen-bond donors (Lipinski definition) is 2. The molecule has 0 saturated heterocycles. The van der Waals surface area contributed by atoms with Gasteiger partial charge < -0.3 is 10.6 Å². The summed E-state index contributed by atoms with van der Waals surface area (Å²) in [7, 11) is 0. The number of anilines is 2. The molecule has 0 radical (unpaired) electrons. The highest BCUT2D eigenvalue weighted by Gasteiger charge is 2.07. The molecule has 0 fully saturated rings. The van der Waals surface area contributed by atoms with Crippen molar-refractivity contribution < 1.29 is 4.79 Å². The summed E-state index contributed by atoms with van der Waals surface area (Å²) in [5.74, 6) is 1.66. The number of rotatable bonds is 6. The molecule has 2 N–H and O–H groups in total. The zero-order chi connectivity index (χ0) is 17.5. The van der Waals surface area contributed by atoms with Crippen molar-refractivity contribution in [3.8, 4) is 0 Å². The van der Waals surface area contributed by atoms with Gasteiger partial charge >= 0.3 is 0 Å². The molecule has 0 aliphatic heterocycles. The molecule has 3 aromatic rings. The zero-order valence-electron chi connectivity index (χ0n) is 13.8. The van der Waals surface area contributed by atoms with Crippen molar-refractivity contribution in [1.82, 2.24) is 9.97 Å². The van der Waals surface area contributed by atoms with E-state index in [0.717, 1.165) is 5.56 Å². The fraction of sp³-hybridized carbons (Fsp3) is 0.0500. The molecule has 0 atom stereocenters. The number of aryl methyl sites for hydroxylation is 1. The van der Waals surface area contributed by atoms with Gasteiger partial charge in [-0.15, -0.1) is 0 Å². The van der Waals surface area contributed by atoms with Crippen LogP contribution in [0.2, 0.25) is 0 Å². The summed E-state index contributed by atoms with van der Waals surface area (Å²) in [5, 5.41) is 6.24. The molecule has 25 heavy (non-hydrogen) atoms. The summed E-state index contributed by atoms with van der Waals surface area (Å²) >= 11 is 0. The number of carbonyl (C=O) groups excluding carboxylic acids is 1. The Balaban J connectivity index is 1.86. The van der Waals surface area contributed by atoms with Gasteiger partial charge in [-0.25, -0.2) is 9.97 Å². The van der Waals surface area contributed by atoms with Crippen molar-refractivity contribution in [2.45, 2.75) is 6.92 Å². The van der Waals surface area contributed by atoms with E-state index in [4.69, 9.17) is 0 Å². The number of ketones is 1. The average Bonchev–Trinajstić information content (AvgIpc) is 2.64. The fourth-order valence-electron chi connectivity index (χ4n) is 2.19. The first-order valence-electron chi connectivity index (χ1n) is 7.89. The van der Waals surface area contributed by atoms with Crippen LogP contribution >= 0.6 is 0 Å². The summed E-state index contributed by atoms with van der Waals surface area (Å²) in [6.07, 6.45) is 4.87. The van der Waals surface area contributed by atoms with Gasteiger partial charge in [-0.05, 0) is 31.2 Å². The molecule has 0 saturated carbocycles. The first-order valence-corrected chi connectivity index (χ1v) is 7.89. The summed E-state index contributed by atoms with van der Waals surface area (Å²) in [6, 6.07) is 18.5. The molecule has 0 bridgehead atoms. The molecule has 3 rings (SSSR count). The van der Waals surface area contributed by atoms with Crippen molar-refractivity contribution in [1.29, 1.82) is 0 Å². The van der Waals surface area contributed by atoms with Crippen LogP contribution in [0.1, 0.15) is 15.9 Å². The number of benzene rings is 1. The largest absolute Gasteiger partial charge is 0.326 e. The van der Waals surface area contributed by atoms with Crippen LogP contribution < -0.4 is 10.6 Å². The molecule has 0 aliphatic carbocycles. The Morgan fingerprint density at radius 1 is 0.840 bits per heavy atom. The van der Waals surface area contributed by atoms with Gasteiger partial charge in [-0.1, -0.05) is 42.0 Å². The molecular formula is C20H18N4O. The molecule has 1 aromatic carbocycles. The number of allylic oxidation sites excluding steroid dienone is 1. The molecule has 0 spiro atoms. The number of nitrogens with zero attached hydrogens (tertiary/aromatic N) is 2. The molecule has 5 nitrogen and oxygen atoms in total. The summed E-state index contributed by atoms with van der Waals surface area (Å²) in [6.45, 7) is 1.99. The Bertz CT molecular complexity index is 816. The second-order valence-electron chi connectivity index (χ2n) is 5.47. The van der Waals surface area contributed by atoms with E-state index in [1.807, 2.05) is 67.6 Å². The van der Waals surface area contributed by atoms with Gasteiger partial charge in [0.1, 0.15) is 17.5 Å². The molecule has 0 amide bonds. The highest BCUT2D eigenvalue weighted by Crippen LogP contribution is 2.12. The standard InChI is InChI=1S/C20H18N4O/c1-15-8-10-16(11-9-15)17(25)14-20(23-18-6-2-4-12-21-18)24-19-7-3-5-13-22-19/h2-14H,1H3,(H,21,23)(H,22,24). The van der Waals surface area contributed by atoms with Gasteiger partial charge in [-0.2, -0.15) is 0 Å². The minimum atomic E-state index is -0.109. The van der Waals surface area contributed by atoms with Crippen LogP contribution in [0.3, 0.4) is 0 Å². The van der Waals surface area contributed by atoms with E-state index in [2.05, 4.69) is 20.6 Å². The minimum Gasteiger partial charge on any atom is -0.326 e. The highest BCUT2D eigenvalue weighted by atomic mass is 16.1. The van der Waals surface area contributed by atoms with Crippen molar-refractivity contribution in [2.24, 2.45) is 0 Å². The predicted molar refractivity (Wildman–Crippen MR) is 99.3 cm³/mol. The number of nitrogens with one attached hydrogen (secondary N) is 2. The Labute approximate surface area is 146 Å². The Morgan fingerprint density at radius 3 is 1.88 bits per heavy atom. The van der Waals surface area contributed by atoms with Crippen LogP contribution in [0.4, 0.5) is 11.6 Å². The van der Waals surface area contributed by atoms with Gasteiger partial charge in [0, 0.05) is 24.0 Å². The smallest absolute Gasteiger partial charge is 0.189 e. The lowest BCUT2D eigenvalue weighted by atomic mass is 10.1. The second kappa shape index (κ2) is 7.88. The van der Waals surface area contributed by atoms with E-state index in [9.17, 15) is 4.79 Å². The predicted octanol–water partition coefficient (Wildman–Crippen LogP) is 4.03. The fourth-order valence-corrected chi connectivity index (χ4v) is 2.19. The van der Waals surface area contributed by atoms with Gasteiger partial charge in [-0.3, -0.25) is 4.79 Å². The third-order valence-corrected chi connectivity index (χ3v) is 3.47. The zero-order valence-corrected chi connectivity index (χ0v) is 13.8. The van der Waals surface area contributed by atoms with Crippen LogP contribution in [0.5, 0.6) is 0 Å². The van der Waals surface area contributed by atoms with Crippen LogP contribution in [-0.4, -0.2) is 15.8 Å². The van der Waals surface area contributed by atoms with Crippen LogP contribution in [0.25, 0.3) is 0 Å².